The number of carbonyl (C=O) groups is 1. The smallest absolute Gasteiger partial charge is 0.341 e. The maximum absolute atomic E-state index is 14.2. The second-order valence-electron chi connectivity index (χ2n) is 19.2. The Morgan fingerprint density at radius 3 is 1.94 bits per heavy atom. The third kappa shape index (κ3) is 9.71. The van der Waals surface area contributed by atoms with E-state index in [9.17, 15) is 4.79 Å². The van der Waals surface area contributed by atoms with E-state index in [2.05, 4.69) is 204 Å². The summed E-state index contributed by atoms with van der Waals surface area (Å²) in [4.78, 5) is 14.2. The molecule has 2 aliphatic rings. The van der Waals surface area contributed by atoms with Crippen molar-refractivity contribution in [3.63, 3.8) is 0 Å². The minimum atomic E-state index is -2.80. The standard InChI is InChI=1S/C46H67IO5Si2/c1-33(27-28-47)25-26-40(52-53(13,14)44(7,8)9)34(2)29-37-30-36(35(3)31-46(37)41(48)50-42(51-46)43(4,5)6)32-49-54(45(10,11)12,38-21-17-15-18-22-38)39-23-19-16-20-24-39/h15-25,27-30,35,37,40,42H,26,31-32H2,1-14H3/b28-27+,33-25+,34-29+/t35-,37-,40+,42+,46+/m1/s1. The van der Waals surface area contributed by atoms with Crippen molar-refractivity contribution in [3.05, 3.63) is 106 Å². The number of cyclic esters (lactones) is 1. The molecule has 296 valence electrons. The second-order valence-corrected chi connectivity index (χ2v) is 29.0. The second kappa shape index (κ2) is 17.2. The van der Waals surface area contributed by atoms with Gasteiger partial charge in [0.2, 0.25) is 6.29 Å². The Kier molecular flexibility index (Phi) is 14.2. The van der Waals surface area contributed by atoms with Crippen LogP contribution in [0.5, 0.6) is 0 Å². The first-order valence-electron chi connectivity index (χ1n) is 19.6. The number of benzene rings is 2. The summed E-state index contributed by atoms with van der Waals surface area (Å²) >= 11 is 2.27. The van der Waals surface area contributed by atoms with E-state index < -0.39 is 28.5 Å². The molecule has 8 heteroatoms. The first kappa shape index (κ1) is 44.6. The quantitative estimate of drug-likeness (QED) is 0.0699. The van der Waals surface area contributed by atoms with Gasteiger partial charge < -0.3 is 18.3 Å². The molecule has 0 saturated carbocycles. The van der Waals surface area contributed by atoms with E-state index in [-0.39, 0.29) is 39.4 Å². The van der Waals surface area contributed by atoms with Gasteiger partial charge >= 0.3 is 5.97 Å². The van der Waals surface area contributed by atoms with Crippen LogP contribution in [0.15, 0.2) is 106 Å². The Balaban J connectivity index is 1.86. The van der Waals surface area contributed by atoms with Gasteiger partial charge in [-0.15, -0.1) is 0 Å². The van der Waals surface area contributed by atoms with Crippen LogP contribution in [0.2, 0.25) is 23.2 Å². The lowest BCUT2D eigenvalue weighted by Gasteiger charge is -2.44. The van der Waals surface area contributed by atoms with E-state index in [1.807, 2.05) is 4.08 Å². The zero-order valence-electron chi connectivity index (χ0n) is 35.5. The molecule has 1 aliphatic carbocycles. The zero-order valence-corrected chi connectivity index (χ0v) is 39.7. The Hall–Kier alpha value is -2.09. The number of halogens is 1. The monoisotopic (exact) mass is 882 g/mol. The molecule has 2 aromatic carbocycles. The molecular formula is C46H67IO5Si2. The van der Waals surface area contributed by atoms with Crippen LogP contribution < -0.4 is 10.4 Å². The van der Waals surface area contributed by atoms with Crippen molar-refractivity contribution in [2.45, 2.75) is 137 Å². The first-order valence-corrected chi connectivity index (χ1v) is 25.7. The van der Waals surface area contributed by atoms with Gasteiger partial charge in [-0.25, -0.2) is 4.79 Å². The molecule has 1 spiro atoms. The summed E-state index contributed by atoms with van der Waals surface area (Å²) in [5.74, 6) is -0.614. The molecule has 1 aliphatic heterocycles. The topological polar surface area (TPSA) is 54.0 Å². The molecule has 54 heavy (non-hydrogen) atoms. The number of esters is 1. The molecule has 0 N–H and O–H groups in total. The van der Waals surface area contributed by atoms with Gasteiger partial charge in [0.15, 0.2) is 13.9 Å². The third-order valence-corrected chi connectivity index (χ3v) is 21.6. The van der Waals surface area contributed by atoms with Gasteiger partial charge in [-0.1, -0.05) is 182 Å². The van der Waals surface area contributed by atoms with Gasteiger partial charge in [0.1, 0.15) is 0 Å². The average molecular weight is 883 g/mol. The summed E-state index contributed by atoms with van der Waals surface area (Å²) in [5, 5.41) is 2.38. The Bertz CT molecular complexity index is 1670. The van der Waals surface area contributed by atoms with Gasteiger partial charge in [0, 0.05) is 11.3 Å². The Morgan fingerprint density at radius 2 is 1.48 bits per heavy atom. The van der Waals surface area contributed by atoms with Crippen LogP contribution in [0.3, 0.4) is 0 Å². The number of hydrogen-bond donors (Lipinski definition) is 0. The van der Waals surface area contributed by atoms with Crippen molar-refractivity contribution in [3.8, 4) is 0 Å². The van der Waals surface area contributed by atoms with Crippen molar-refractivity contribution in [2.24, 2.45) is 17.3 Å². The average Bonchev–Trinajstić information content (AvgIpc) is 3.41. The van der Waals surface area contributed by atoms with E-state index in [1.54, 1.807) is 0 Å². The Labute approximate surface area is 343 Å². The van der Waals surface area contributed by atoms with Crippen molar-refractivity contribution in [2.75, 3.05) is 6.61 Å². The maximum Gasteiger partial charge on any atom is 0.341 e. The van der Waals surface area contributed by atoms with E-state index in [4.69, 9.17) is 18.3 Å². The summed E-state index contributed by atoms with van der Waals surface area (Å²) < 4.78 is 29.6. The lowest BCUT2D eigenvalue weighted by atomic mass is 9.71. The largest absolute Gasteiger partial charge is 0.433 e. The van der Waals surface area contributed by atoms with Gasteiger partial charge in [-0.3, -0.25) is 0 Å². The van der Waals surface area contributed by atoms with Crippen molar-refractivity contribution in [1.82, 2.24) is 0 Å². The van der Waals surface area contributed by atoms with Crippen LogP contribution in [0.4, 0.5) is 0 Å². The molecule has 5 nitrogen and oxygen atoms in total. The summed E-state index contributed by atoms with van der Waals surface area (Å²) in [6, 6.07) is 21.6. The number of ether oxygens (including phenoxy) is 2. The van der Waals surface area contributed by atoms with Gasteiger partial charge in [-0.05, 0) is 81.4 Å². The SMILES string of the molecule is CC(/C=C/I)=C\C[C@H](O[Si](C)(C)C(C)(C)C)/C(C)=C/[C@@H]1C=C(CO[Si](c2ccccc2)(c2ccccc2)C(C)(C)C)[C@H](C)C[C@]12O[C@@H](C(C)(C)C)OC2=O. The van der Waals surface area contributed by atoms with E-state index in [0.717, 1.165) is 12.0 Å². The van der Waals surface area contributed by atoms with E-state index in [0.29, 0.717) is 13.0 Å². The van der Waals surface area contributed by atoms with Crippen LogP contribution in [-0.4, -0.2) is 47.2 Å². The molecule has 4 rings (SSSR count). The number of rotatable bonds is 12. The molecule has 0 aromatic heterocycles. The number of allylic oxidation sites excluding steroid dienone is 2. The van der Waals surface area contributed by atoms with Gasteiger partial charge in [0.25, 0.3) is 8.32 Å². The molecule has 5 atom stereocenters. The highest BCUT2D eigenvalue weighted by Crippen LogP contribution is 2.49. The summed E-state index contributed by atoms with van der Waals surface area (Å²) in [5.41, 5.74) is 1.97. The molecule has 0 unspecified atom stereocenters. The third-order valence-electron chi connectivity index (χ3n) is 11.8. The fourth-order valence-corrected chi connectivity index (χ4v) is 13.9. The fraction of sp³-hybridized carbons (Fsp3) is 0.543. The molecule has 1 saturated heterocycles. The van der Waals surface area contributed by atoms with E-state index >= 15 is 0 Å². The Morgan fingerprint density at radius 1 is 0.926 bits per heavy atom. The summed E-state index contributed by atoms with van der Waals surface area (Å²) in [6.45, 7) is 31.5. The molecule has 0 radical (unpaired) electrons. The van der Waals surface area contributed by atoms with Crippen LogP contribution in [0.1, 0.15) is 95.9 Å². The van der Waals surface area contributed by atoms with Crippen molar-refractivity contribution >= 4 is 55.6 Å². The highest BCUT2D eigenvalue weighted by atomic mass is 127. The fourth-order valence-electron chi connectivity index (χ4n) is 7.45. The minimum absolute atomic E-state index is 0.0318. The molecule has 2 aromatic rings. The lowest BCUT2D eigenvalue weighted by Crippen LogP contribution is -2.66. The normalized spacial score (nSPS) is 24.2. The van der Waals surface area contributed by atoms with Crippen LogP contribution in [0, 0.1) is 17.3 Å². The summed E-state index contributed by atoms with van der Waals surface area (Å²) in [7, 11) is -4.96. The number of carbonyl (C=O) groups excluding carboxylic acids is 1. The van der Waals surface area contributed by atoms with Crippen LogP contribution in [-0.2, 0) is 23.1 Å². The van der Waals surface area contributed by atoms with Gasteiger partial charge in [0.05, 0.1) is 12.7 Å². The van der Waals surface area contributed by atoms with Crippen molar-refractivity contribution < 1.29 is 23.1 Å². The molecule has 1 fully saturated rings. The molecule has 0 amide bonds. The number of hydrogen-bond acceptors (Lipinski definition) is 5. The minimum Gasteiger partial charge on any atom is -0.433 e. The van der Waals surface area contributed by atoms with Crippen LogP contribution in [0.25, 0.3) is 0 Å². The highest BCUT2D eigenvalue weighted by Gasteiger charge is 2.59. The van der Waals surface area contributed by atoms with Crippen LogP contribution >= 0.6 is 22.6 Å². The maximum atomic E-state index is 14.2. The van der Waals surface area contributed by atoms with E-state index in [1.165, 1.54) is 21.5 Å². The lowest BCUT2D eigenvalue weighted by molar-refractivity contribution is -0.158. The highest BCUT2D eigenvalue weighted by molar-refractivity contribution is 14.1. The predicted molar refractivity (Wildman–Crippen MR) is 239 cm³/mol. The first-order chi connectivity index (χ1) is 25.0. The molecule has 1 heterocycles. The van der Waals surface area contributed by atoms with Crippen molar-refractivity contribution in [1.29, 1.82) is 0 Å². The molecular weight excluding hydrogens is 816 g/mol. The predicted octanol–water partition coefficient (Wildman–Crippen LogP) is 11.5. The molecule has 0 bridgehead atoms. The summed E-state index contributed by atoms with van der Waals surface area (Å²) in [6.07, 6.45) is 9.36. The zero-order chi connectivity index (χ0) is 40.3. The van der Waals surface area contributed by atoms with Gasteiger partial charge in [-0.2, -0.15) is 0 Å².